The molecule has 0 saturated heterocycles. The van der Waals surface area contributed by atoms with E-state index >= 15 is 0 Å². The highest BCUT2D eigenvalue weighted by Crippen LogP contribution is 2.45. The third-order valence-electron chi connectivity index (χ3n) is 8.25. The van der Waals surface area contributed by atoms with E-state index in [1.807, 2.05) is 18.4 Å². The average molecular weight is 679 g/mol. The van der Waals surface area contributed by atoms with E-state index in [9.17, 15) is 19.5 Å². The molecule has 3 aromatic carbocycles. The van der Waals surface area contributed by atoms with Gasteiger partial charge in [0.1, 0.15) is 17.8 Å². The van der Waals surface area contributed by atoms with E-state index in [2.05, 4.69) is 64.4 Å². The quantitative estimate of drug-likeness (QED) is 0.0929. The molecule has 0 fully saturated rings. The van der Waals surface area contributed by atoms with Crippen molar-refractivity contribution in [2.75, 3.05) is 24.3 Å². The molecular weight excluding hydrogens is 633 g/mol. The number of nitrogens with zero attached hydrogens (tertiary/aromatic N) is 1. The number of fused-ring (bicyclic) bond motifs is 1. The molecule has 1 aliphatic rings. The number of carbonyl (C=O) groups is 3. The maximum Gasteiger partial charge on any atom is 0.325 e. The lowest BCUT2D eigenvalue weighted by molar-refractivity contribution is -0.141. The monoisotopic (exact) mass is 678 g/mol. The summed E-state index contributed by atoms with van der Waals surface area (Å²) in [7, 11) is 0. The van der Waals surface area contributed by atoms with E-state index in [1.54, 1.807) is 54.0 Å². The standard InChI is InChI=1S/C36H46N4O5S2/c1-5-7-19-36(20-8-6-2)24-40(27-17-13-10-14-18-27)28-21-31(46-4)29(22-30(28)47-39-36)45-23-32(41)38-33(26-15-11-9-12-16-26)34(42)37-25(3)35(43)44/h9-18,21-22,25,33,39H,5-8,19-20,23-24H2,1-4H3,(H,37,42)(H,38,41)(H,43,44)/t25-,33?/m0/s1. The van der Waals surface area contributed by atoms with E-state index in [-0.39, 0.29) is 12.1 Å². The van der Waals surface area contributed by atoms with Crippen molar-refractivity contribution < 1.29 is 24.2 Å². The van der Waals surface area contributed by atoms with Crippen molar-refractivity contribution in [1.29, 1.82) is 0 Å². The van der Waals surface area contributed by atoms with Gasteiger partial charge in [0.15, 0.2) is 6.61 Å². The molecule has 4 rings (SSSR count). The normalized spacial score (nSPS) is 15.1. The molecule has 252 valence electrons. The smallest absolute Gasteiger partial charge is 0.325 e. The number of rotatable bonds is 16. The lowest BCUT2D eigenvalue weighted by Gasteiger charge is -2.38. The number of benzene rings is 3. The van der Waals surface area contributed by atoms with Crippen molar-refractivity contribution in [3.05, 3.63) is 78.4 Å². The largest absolute Gasteiger partial charge is 0.483 e. The molecule has 11 heteroatoms. The number of ether oxygens (including phenoxy) is 1. The summed E-state index contributed by atoms with van der Waals surface area (Å²) in [6.07, 6.45) is 8.62. The summed E-state index contributed by atoms with van der Waals surface area (Å²) in [5.41, 5.74) is 2.65. The maximum absolute atomic E-state index is 13.2. The highest BCUT2D eigenvalue weighted by Gasteiger charge is 2.36. The second-order valence-electron chi connectivity index (χ2n) is 11.9. The second kappa shape index (κ2) is 17.5. The van der Waals surface area contributed by atoms with Crippen LogP contribution in [0.2, 0.25) is 0 Å². The first-order valence-corrected chi connectivity index (χ1v) is 18.2. The summed E-state index contributed by atoms with van der Waals surface area (Å²) in [4.78, 5) is 41.9. The van der Waals surface area contributed by atoms with Gasteiger partial charge in [0, 0.05) is 17.8 Å². The third kappa shape index (κ3) is 9.68. The zero-order chi connectivity index (χ0) is 33.8. The van der Waals surface area contributed by atoms with Gasteiger partial charge in [0.05, 0.1) is 15.5 Å². The van der Waals surface area contributed by atoms with Crippen LogP contribution >= 0.6 is 23.7 Å². The molecular formula is C36H46N4O5S2. The van der Waals surface area contributed by atoms with Gasteiger partial charge >= 0.3 is 5.97 Å². The van der Waals surface area contributed by atoms with E-state index in [0.29, 0.717) is 11.3 Å². The number of nitrogens with one attached hydrogen (secondary N) is 3. The Morgan fingerprint density at radius 2 is 1.64 bits per heavy atom. The Morgan fingerprint density at radius 3 is 2.23 bits per heavy atom. The Balaban J connectivity index is 1.60. The molecule has 0 bridgehead atoms. The number of amides is 2. The number of hydrogen-bond donors (Lipinski definition) is 4. The summed E-state index contributed by atoms with van der Waals surface area (Å²) >= 11 is 3.16. The van der Waals surface area contributed by atoms with Crippen molar-refractivity contribution in [1.82, 2.24) is 15.4 Å². The van der Waals surface area contributed by atoms with Gasteiger partial charge in [0.2, 0.25) is 5.91 Å². The average Bonchev–Trinajstić information content (AvgIpc) is 3.25. The van der Waals surface area contributed by atoms with Crippen LogP contribution in [0.25, 0.3) is 0 Å². The van der Waals surface area contributed by atoms with Crippen LogP contribution in [0.3, 0.4) is 0 Å². The number of thioether (sulfide) groups is 1. The van der Waals surface area contributed by atoms with Crippen molar-refractivity contribution in [2.24, 2.45) is 0 Å². The molecule has 1 unspecified atom stereocenters. The topological polar surface area (TPSA) is 120 Å². The lowest BCUT2D eigenvalue weighted by Crippen LogP contribution is -2.49. The van der Waals surface area contributed by atoms with Gasteiger partial charge < -0.3 is 25.4 Å². The minimum absolute atomic E-state index is 0.0862. The third-order valence-corrected chi connectivity index (χ3v) is 10.1. The van der Waals surface area contributed by atoms with Crippen molar-refractivity contribution >= 4 is 52.9 Å². The molecule has 0 aromatic heterocycles. The van der Waals surface area contributed by atoms with Gasteiger partial charge in [-0.05, 0) is 67.8 Å². The first-order valence-electron chi connectivity index (χ1n) is 16.2. The van der Waals surface area contributed by atoms with E-state index in [4.69, 9.17) is 4.74 Å². The molecule has 2 amide bonds. The molecule has 1 aliphatic heterocycles. The number of carbonyl (C=O) groups excluding carboxylic acids is 2. The van der Waals surface area contributed by atoms with Crippen LogP contribution < -0.4 is 25.0 Å². The van der Waals surface area contributed by atoms with E-state index in [1.165, 1.54) is 6.92 Å². The highest BCUT2D eigenvalue weighted by atomic mass is 32.2. The number of anilines is 2. The summed E-state index contributed by atoms with van der Waals surface area (Å²) in [6.45, 7) is 6.35. The Bertz CT molecular complexity index is 1480. The minimum Gasteiger partial charge on any atom is -0.483 e. The van der Waals surface area contributed by atoms with Crippen molar-refractivity contribution in [3.8, 4) is 5.75 Å². The van der Waals surface area contributed by atoms with Gasteiger partial charge in [-0.15, -0.1) is 11.8 Å². The van der Waals surface area contributed by atoms with Gasteiger partial charge in [-0.25, -0.2) is 0 Å². The molecule has 0 spiro atoms. The fourth-order valence-corrected chi connectivity index (χ4v) is 7.17. The van der Waals surface area contributed by atoms with Gasteiger partial charge in [-0.2, -0.15) is 0 Å². The second-order valence-corrected chi connectivity index (χ2v) is 13.5. The molecule has 1 heterocycles. The Hall–Kier alpha value is -3.67. The van der Waals surface area contributed by atoms with Crippen LogP contribution in [-0.4, -0.2) is 53.9 Å². The minimum atomic E-state index is -1.17. The van der Waals surface area contributed by atoms with Gasteiger partial charge in [0.25, 0.3) is 5.91 Å². The van der Waals surface area contributed by atoms with Crippen LogP contribution in [0.1, 0.15) is 70.9 Å². The molecule has 47 heavy (non-hydrogen) atoms. The van der Waals surface area contributed by atoms with Crippen LogP contribution in [0.4, 0.5) is 11.4 Å². The zero-order valence-corrected chi connectivity index (χ0v) is 29.2. The Morgan fingerprint density at radius 1 is 1.00 bits per heavy atom. The molecule has 2 atom stereocenters. The first-order chi connectivity index (χ1) is 22.7. The van der Waals surface area contributed by atoms with Gasteiger partial charge in [-0.1, -0.05) is 88.1 Å². The number of carboxylic acids is 1. The SMILES string of the molecule is CCCCC1(CCCC)CN(c2ccccc2)c2cc(SC)c(OCC(=O)NC(C(=O)N[C@@H](C)C(=O)O)c3ccccc3)cc2SN1. The van der Waals surface area contributed by atoms with Crippen LogP contribution in [0, 0.1) is 0 Å². The van der Waals surface area contributed by atoms with Crippen molar-refractivity contribution in [2.45, 2.75) is 86.7 Å². The number of aliphatic carboxylic acids is 1. The number of carboxylic acid groups (broad SMARTS) is 1. The summed E-state index contributed by atoms with van der Waals surface area (Å²) in [6, 6.07) is 21.1. The molecule has 0 saturated carbocycles. The Kier molecular flexibility index (Phi) is 13.4. The number of para-hydroxylation sites is 1. The van der Waals surface area contributed by atoms with Gasteiger partial charge in [-0.3, -0.25) is 19.1 Å². The fraction of sp³-hybridized carbons (Fsp3) is 0.417. The van der Waals surface area contributed by atoms with Crippen LogP contribution in [-0.2, 0) is 14.4 Å². The summed E-state index contributed by atoms with van der Waals surface area (Å²) in [5.74, 6) is -1.72. The van der Waals surface area contributed by atoms with E-state index in [0.717, 1.165) is 66.2 Å². The zero-order valence-electron chi connectivity index (χ0n) is 27.6. The van der Waals surface area contributed by atoms with Crippen LogP contribution in [0.5, 0.6) is 5.75 Å². The molecule has 0 aliphatic carbocycles. The fourth-order valence-electron chi connectivity index (χ4n) is 5.58. The van der Waals surface area contributed by atoms with Crippen molar-refractivity contribution in [3.63, 3.8) is 0 Å². The first kappa shape index (κ1) is 36.2. The molecule has 9 nitrogen and oxygen atoms in total. The predicted octanol–water partition coefficient (Wildman–Crippen LogP) is 7.10. The lowest BCUT2D eigenvalue weighted by atomic mass is 9.87. The maximum atomic E-state index is 13.2. The molecule has 3 aromatic rings. The van der Waals surface area contributed by atoms with Crippen LogP contribution in [0.15, 0.2) is 82.6 Å². The molecule has 4 N–H and O–H groups in total. The number of unbranched alkanes of at least 4 members (excludes halogenated alkanes) is 2. The molecule has 0 radical (unpaired) electrons. The van der Waals surface area contributed by atoms with E-state index < -0.39 is 29.9 Å². The highest BCUT2D eigenvalue weighted by molar-refractivity contribution is 7.98. The summed E-state index contributed by atoms with van der Waals surface area (Å²) < 4.78 is 10.0. The number of hydrogen-bond acceptors (Lipinski definition) is 8. The predicted molar refractivity (Wildman–Crippen MR) is 191 cm³/mol. The summed E-state index contributed by atoms with van der Waals surface area (Å²) in [5, 5.41) is 14.5. The Labute approximate surface area is 286 Å².